The summed E-state index contributed by atoms with van der Waals surface area (Å²) < 4.78 is 11.3. The third-order valence-corrected chi connectivity index (χ3v) is 4.61. The van der Waals surface area contributed by atoms with Crippen LogP contribution in [0, 0.1) is 0 Å². The highest BCUT2D eigenvalue weighted by Gasteiger charge is 2.12. The lowest BCUT2D eigenvalue weighted by Crippen LogP contribution is -2.25. The molecule has 0 bridgehead atoms. The number of carbonyl (C=O) groups excluding carboxylic acids is 1. The van der Waals surface area contributed by atoms with Crippen molar-refractivity contribution in [2.24, 2.45) is 0 Å². The van der Waals surface area contributed by atoms with Gasteiger partial charge in [-0.05, 0) is 36.2 Å². The van der Waals surface area contributed by atoms with Gasteiger partial charge in [-0.3, -0.25) is 0 Å². The third-order valence-electron chi connectivity index (χ3n) is 4.61. The van der Waals surface area contributed by atoms with E-state index in [9.17, 15) is 4.79 Å². The fraction of sp³-hybridized carbons (Fsp3) is 0.261. The molecule has 0 aliphatic rings. The van der Waals surface area contributed by atoms with E-state index in [0.717, 1.165) is 23.1 Å². The molecule has 0 saturated carbocycles. The zero-order valence-electron chi connectivity index (χ0n) is 16.5. The molecule has 5 heteroatoms. The summed E-state index contributed by atoms with van der Waals surface area (Å²) in [5.41, 5.74) is 1.12. The van der Waals surface area contributed by atoms with Crippen molar-refractivity contribution in [1.29, 1.82) is 0 Å². The van der Waals surface area contributed by atoms with E-state index in [1.807, 2.05) is 55.6 Å². The molecule has 1 N–H and O–H groups in total. The standard InChI is InChI=1S/C23H26N2O3/c1-24-21(18-11-13-19(14-12-18)28-23(26)25(2)3)15-16-27-22-10-6-8-17-7-4-5-9-20(17)22/h4-14,21,24H,15-16H2,1-3H3. The second-order valence-electron chi connectivity index (χ2n) is 6.79. The molecule has 0 fully saturated rings. The normalized spacial score (nSPS) is 11.8. The maximum absolute atomic E-state index is 11.6. The van der Waals surface area contributed by atoms with Crippen LogP contribution in [0.4, 0.5) is 4.79 Å². The van der Waals surface area contributed by atoms with Crippen LogP contribution in [0.2, 0.25) is 0 Å². The molecule has 5 nitrogen and oxygen atoms in total. The Hall–Kier alpha value is -3.05. The van der Waals surface area contributed by atoms with Crippen molar-refractivity contribution >= 4 is 16.9 Å². The van der Waals surface area contributed by atoms with Crippen molar-refractivity contribution in [3.05, 3.63) is 72.3 Å². The van der Waals surface area contributed by atoms with Crippen molar-refractivity contribution in [2.75, 3.05) is 27.7 Å². The van der Waals surface area contributed by atoms with Gasteiger partial charge in [-0.1, -0.05) is 48.5 Å². The Morgan fingerprint density at radius 1 is 1.00 bits per heavy atom. The van der Waals surface area contributed by atoms with Crippen LogP contribution >= 0.6 is 0 Å². The fourth-order valence-corrected chi connectivity index (χ4v) is 3.05. The van der Waals surface area contributed by atoms with Gasteiger partial charge in [0.2, 0.25) is 0 Å². The molecular formula is C23H26N2O3. The SMILES string of the molecule is CNC(CCOc1cccc2ccccc12)c1ccc(OC(=O)N(C)C)cc1. The first-order valence-corrected chi connectivity index (χ1v) is 9.35. The number of ether oxygens (including phenoxy) is 2. The Morgan fingerprint density at radius 3 is 2.43 bits per heavy atom. The number of rotatable bonds is 7. The van der Waals surface area contributed by atoms with Crippen LogP contribution in [-0.4, -0.2) is 38.7 Å². The quantitative estimate of drug-likeness (QED) is 0.651. The molecule has 1 unspecified atom stereocenters. The van der Waals surface area contributed by atoms with Crippen LogP contribution in [0.1, 0.15) is 18.0 Å². The zero-order chi connectivity index (χ0) is 19.9. The second kappa shape index (κ2) is 9.24. The molecule has 0 aliphatic heterocycles. The summed E-state index contributed by atoms with van der Waals surface area (Å²) in [5.74, 6) is 1.43. The summed E-state index contributed by atoms with van der Waals surface area (Å²) in [4.78, 5) is 13.0. The van der Waals surface area contributed by atoms with Crippen molar-refractivity contribution in [2.45, 2.75) is 12.5 Å². The van der Waals surface area contributed by atoms with Crippen LogP contribution in [0.3, 0.4) is 0 Å². The van der Waals surface area contributed by atoms with E-state index in [-0.39, 0.29) is 12.1 Å². The molecule has 3 aromatic rings. The van der Waals surface area contributed by atoms with Crippen LogP contribution in [0.15, 0.2) is 66.7 Å². The summed E-state index contributed by atoms with van der Waals surface area (Å²) in [6.45, 7) is 0.594. The predicted octanol–water partition coefficient (Wildman–Crippen LogP) is 4.63. The number of amides is 1. The monoisotopic (exact) mass is 378 g/mol. The highest BCUT2D eigenvalue weighted by atomic mass is 16.6. The van der Waals surface area contributed by atoms with Crippen LogP contribution in [0.5, 0.6) is 11.5 Å². The first-order valence-electron chi connectivity index (χ1n) is 9.35. The van der Waals surface area contributed by atoms with Gasteiger partial charge < -0.3 is 19.7 Å². The Kier molecular flexibility index (Phi) is 6.50. The largest absolute Gasteiger partial charge is 0.493 e. The highest BCUT2D eigenvalue weighted by Crippen LogP contribution is 2.26. The van der Waals surface area contributed by atoms with E-state index in [0.29, 0.717) is 12.4 Å². The molecule has 0 aromatic heterocycles. The minimum Gasteiger partial charge on any atom is -0.493 e. The topological polar surface area (TPSA) is 50.8 Å². The minimum atomic E-state index is -0.388. The fourth-order valence-electron chi connectivity index (χ4n) is 3.05. The second-order valence-corrected chi connectivity index (χ2v) is 6.79. The summed E-state index contributed by atoms with van der Waals surface area (Å²) in [6, 6.07) is 22.0. The molecule has 1 amide bonds. The smallest absolute Gasteiger partial charge is 0.414 e. The van der Waals surface area contributed by atoms with Crippen molar-refractivity contribution in [3.63, 3.8) is 0 Å². The summed E-state index contributed by atoms with van der Waals surface area (Å²) in [7, 11) is 5.25. The van der Waals surface area contributed by atoms with Gasteiger partial charge >= 0.3 is 6.09 Å². The average Bonchev–Trinajstić information content (AvgIpc) is 2.72. The number of fused-ring (bicyclic) bond motifs is 1. The first kappa shape index (κ1) is 19.7. The van der Waals surface area contributed by atoms with Crippen LogP contribution in [0.25, 0.3) is 10.8 Å². The van der Waals surface area contributed by atoms with Gasteiger partial charge in [-0.15, -0.1) is 0 Å². The Bertz CT molecular complexity index is 917. The van der Waals surface area contributed by atoms with Crippen LogP contribution in [-0.2, 0) is 0 Å². The molecule has 3 rings (SSSR count). The Labute approximate surface area is 165 Å². The van der Waals surface area contributed by atoms with Gasteiger partial charge in [0.25, 0.3) is 0 Å². The Balaban J connectivity index is 1.60. The number of benzene rings is 3. The van der Waals surface area contributed by atoms with E-state index in [4.69, 9.17) is 9.47 Å². The van der Waals surface area contributed by atoms with E-state index in [1.165, 1.54) is 10.3 Å². The maximum Gasteiger partial charge on any atom is 0.414 e. The zero-order valence-corrected chi connectivity index (χ0v) is 16.5. The number of hydrogen-bond acceptors (Lipinski definition) is 4. The summed E-state index contributed by atoms with van der Waals surface area (Å²) >= 11 is 0. The molecule has 28 heavy (non-hydrogen) atoms. The lowest BCUT2D eigenvalue weighted by atomic mass is 10.0. The number of nitrogens with zero attached hydrogens (tertiary/aromatic N) is 1. The lowest BCUT2D eigenvalue weighted by molar-refractivity contribution is 0.172. The molecule has 3 aromatic carbocycles. The van der Waals surface area contributed by atoms with E-state index < -0.39 is 0 Å². The maximum atomic E-state index is 11.6. The minimum absolute atomic E-state index is 0.147. The average molecular weight is 378 g/mol. The summed E-state index contributed by atoms with van der Waals surface area (Å²) in [5, 5.41) is 5.62. The van der Waals surface area contributed by atoms with E-state index in [1.54, 1.807) is 14.1 Å². The van der Waals surface area contributed by atoms with Gasteiger partial charge in [-0.25, -0.2) is 4.79 Å². The van der Waals surface area contributed by atoms with Gasteiger partial charge in [0.05, 0.1) is 6.61 Å². The van der Waals surface area contributed by atoms with Gasteiger partial charge in [0.15, 0.2) is 0 Å². The number of carbonyl (C=O) groups is 1. The van der Waals surface area contributed by atoms with Gasteiger partial charge in [0.1, 0.15) is 11.5 Å². The van der Waals surface area contributed by atoms with E-state index in [2.05, 4.69) is 23.5 Å². The molecular weight excluding hydrogens is 352 g/mol. The van der Waals surface area contributed by atoms with Crippen molar-refractivity contribution < 1.29 is 14.3 Å². The Morgan fingerprint density at radius 2 is 1.71 bits per heavy atom. The van der Waals surface area contributed by atoms with Gasteiger partial charge in [0, 0.05) is 31.9 Å². The first-order chi connectivity index (χ1) is 13.6. The lowest BCUT2D eigenvalue weighted by Gasteiger charge is -2.18. The molecule has 0 aliphatic carbocycles. The number of nitrogens with one attached hydrogen (secondary N) is 1. The third kappa shape index (κ3) is 4.81. The molecule has 146 valence electrons. The number of hydrogen-bond donors (Lipinski definition) is 1. The van der Waals surface area contributed by atoms with Crippen molar-refractivity contribution in [1.82, 2.24) is 10.2 Å². The van der Waals surface area contributed by atoms with E-state index >= 15 is 0 Å². The predicted molar refractivity (Wildman–Crippen MR) is 112 cm³/mol. The molecule has 0 heterocycles. The molecule has 0 spiro atoms. The molecule has 1 atom stereocenters. The highest BCUT2D eigenvalue weighted by molar-refractivity contribution is 5.88. The molecule has 0 radical (unpaired) electrons. The van der Waals surface area contributed by atoms with Crippen LogP contribution < -0.4 is 14.8 Å². The summed E-state index contributed by atoms with van der Waals surface area (Å²) in [6.07, 6.45) is 0.428. The molecule has 0 saturated heterocycles. The van der Waals surface area contributed by atoms with Gasteiger partial charge in [-0.2, -0.15) is 0 Å². The van der Waals surface area contributed by atoms with Crippen molar-refractivity contribution in [3.8, 4) is 11.5 Å².